The van der Waals surface area contributed by atoms with Gasteiger partial charge in [0, 0.05) is 15.9 Å². The Bertz CT molecular complexity index is 876. The second kappa shape index (κ2) is 7.88. The van der Waals surface area contributed by atoms with Gasteiger partial charge in [0.25, 0.3) is 0 Å². The first kappa shape index (κ1) is 18.4. The first-order valence-corrected chi connectivity index (χ1v) is 9.34. The second-order valence-corrected chi connectivity index (χ2v) is 7.27. The van der Waals surface area contributed by atoms with Crippen LogP contribution < -0.4 is 10.6 Å². The minimum Gasteiger partial charge on any atom is -0.351 e. The van der Waals surface area contributed by atoms with Gasteiger partial charge in [-0.05, 0) is 29.6 Å². The van der Waals surface area contributed by atoms with Gasteiger partial charge in [0.2, 0.25) is 5.91 Å². The Balaban J connectivity index is 1.57. The molecule has 1 amide bonds. The molecule has 0 unspecified atom stereocenters. The second-order valence-electron chi connectivity index (χ2n) is 5.38. The standard InChI is InChI=1S/C17H14F3N3OS2/c18-17(19,20)11-3-1-4-12(7-11)22-16-23-13(10-26-16)8-15(24)21-9-14-5-2-6-25-14/h1-7,10H,8-9H2,(H,21,24)(H,22,23). The van der Waals surface area contributed by atoms with E-state index in [1.54, 1.807) is 16.7 Å². The van der Waals surface area contributed by atoms with Gasteiger partial charge in [-0.25, -0.2) is 4.98 Å². The molecule has 2 aromatic heterocycles. The Labute approximate surface area is 155 Å². The van der Waals surface area contributed by atoms with E-state index in [-0.39, 0.29) is 12.3 Å². The van der Waals surface area contributed by atoms with Crippen molar-refractivity contribution < 1.29 is 18.0 Å². The first-order chi connectivity index (χ1) is 12.4. The molecule has 0 aliphatic carbocycles. The number of halogens is 3. The molecular weight excluding hydrogens is 383 g/mol. The molecule has 0 radical (unpaired) electrons. The van der Waals surface area contributed by atoms with Crippen molar-refractivity contribution in [3.63, 3.8) is 0 Å². The van der Waals surface area contributed by atoms with Crippen LogP contribution in [0.3, 0.4) is 0 Å². The van der Waals surface area contributed by atoms with Crippen LogP contribution >= 0.6 is 22.7 Å². The van der Waals surface area contributed by atoms with Gasteiger partial charge in [0.1, 0.15) is 0 Å². The highest BCUT2D eigenvalue weighted by molar-refractivity contribution is 7.13. The van der Waals surface area contributed by atoms with Gasteiger partial charge in [-0.2, -0.15) is 13.2 Å². The Hall–Kier alpha value is -2.39. The van der Waals surface area contributed by atoms with E-state index in [1.807, 2.05) is 17.5 Å². The van der Waals surface area contributed by atoms with E-state index >= 15 is 0 Å². The van der Waals surface area contributed by atoms with Crippen molar-refractivity contribution in [2.75, 3.05) is 5.32 Å². The van der Waals surface area contributed by atoms with E-state index < -0.39 is 11.7 Å². The number of alkyl halides is 3. The molecule has 4 nitrogen and oxygen atoms in total. The van der Waals surface area contributed by atoms with Gasteiger partial charge in [-0.15, -0.1) is 22.7 Å². The third kappa shape index (κ3) is 5.06. The van der Waals surface area contributed by atoms with Gasteiger partial charge < -0.3 is 10.6 Å². The van der Waals surface area contributed by atoms with Crippen LogP contribution in [0.4, 0.5) is 24.0 Å². The molecule has 2 heterocycles. The van der Waals surface area contributed by atoms with Crippen LogP contribution in [0.5, 0.6) is 0 Å². The molecular formula is C17H14F3N3OS2. The molecule has 0 aliphatic heterocycles. The van der Waals surface area contributed by atoms with Crippen LogP contribution in [-0.4, -0.2) is 10.9 Å². The highest BCUT2D eigenvalue weighted by atomic mass is 32.1. The Morgan fingerprint density at radius 1 is 1.15 bits per heavy atom. The summed E-state index contributed by atoms with van der Waals surface area (Å²) in [5, 5.41) is 9.73. The molecule has 0 bridgehead atoms. The molecule has 2 N–H and O–H groups in total. The maximum absolute atomic E-state index is 12.7. The summed E-state index contributed by atoms with van der Waals surface area (Å²) in [5.41, 5.74) is 0.128. The lowest BCUT2D eigenvalue weighted by atomic mass is 10.2. The molecule has 0 saturated heterocycles. The molecule has 0 aliphatic rings. The number of hydrogen-bond donors (Lipinski definition) is 2. The number of benzene rings is 1. The third-order valence-electron chi connectivity index (χ3n) is 3.37. The summed E-state index contributed by atoms with van der Waals surface area (Å²) < 4.78 is 38.2. The number of rotatable bonds is 6. The van der Waals surface area contributed by atoms with Crippen molar-refractivity contribution in [1.82, 2.24) is 10.3 Å². The maximum atomic E-state index is 12.7. The summed E-state index contributed by atoms with van der Waals surface area (Å²) in [6, 6.07) is 8.75. The zero-order valence-electron chi connectivity index (χ0n) is 13.3. The average Bonchev–Trinajstić information content (AvgIpc) is 3.24. The van der Waals surface area contributed by atoms with Gasteiger partial charge in [0.05, 0.1) is 24.2 Å². The molecule has 0 spiro atoms. The Kier molecular flexibility index (Phi) is 5.58. The number of aromatic nitrogens is 1. The topological polar surface area (TPSA) is 54.0 Å². The van der Waals surface area contributed by atoms with Crippen molar-refractivity contribution >= 4 is 39.4 Å². The van der Waals surface area contributed by atoms with Crippen molar-refractivity contribution in [3.05, 3.63) is 63.3 Å². The monoisotopic (exact) mass is 397 g/mol. The van der Waals surface area contributed by atoms with Crippen molar-refractivity contribution in [2.24, 2.45) is 0 Å². The number of carbonyl (C=O) groups excluding carboxylic acids is 1. The lowest BCUT2D eigenvalue weighted by Gasteiger charge is -2.08. The normalized spacial score (nSPS) is 11.3. The van der Waals surface area contributed by atoms with E-state index in [0.717, 1.165) is 17.0 Å². The van der Waals surface area contributed by atoms with E-state index in [1.165, 1.54) is 23.5 Å². The molecule has 3 rings (SSSR count). The zero-order chi connectivity index (χ0) is 18.6. The van der Waals surface area contributed by atoms with Gasteiger partial charge in [0.15, 0.2) is 5.13 Å². The Morgan fingerprint density at radius 3 is 2.73 bits per heavy atom. The lowest BCUT2D eigenvalue weighted by molar-refractivity contribution is -0.137. The maximum Gasteiger partial charge on any atom is 0.416 e. The molecule has 26 heavy (non-hydrogen) atoms. The summed E-state index contributed by atoms with van der Waals surface area (Å²) in [5.74, 6) is -0.158. The van der Waals surface area contributed by atoms with Crippen molar-refractivity contribution in [1.29, 1.82) is 0 Å². The molecule has 0 atom stereocenters. The lowest BCUT2D eigenvalue weighted by Crippen LogP contribution is -2.24. The predicted octanol–water partition coefficient (Wildman–Crippen LogP) is 4.83. The molecule has 0 saturated carbocycles. The largest absolute Gasteiger partial charge is 0.416 e. The number of nitrogens with one attached hydrogen (secondary N) is 2. The van der Waals surface area contributed by atoms with Gasteiger partial charge >= 0.3 is 6.18 Å². The first-order valence-electron chi connectivity index (χ1n) is 7.58. The van der Waals surface area contributed by atoms with Gasteiger partial charge in [-0.1, -0.05) is 12.1 Å². The van der Waals surface area contributed by atoms with Crippen LogP contribution in [0, 0.1) is 0 Å². The molecule has 0 fully saturated rings. The highest BCUT2D eigenvalue weighted by Crippen LogP contribution is 2.31. The van der Waals surface area contributed by atoms with E-state index in [9.17, 15) is 18.0 Å². The predicted molar refractivity (Wildman–Crippen MR) is 96.7 cm³/mol. The van der Waals surface area contributed by atoms with Crippen molar-refractivity contribution in [2.45, 2.75) is 19.1 Å². The smallest absolute Gasteiger partial charge is 0.351 e. The van der Waals surface area contributed by atoms with Crippen LogP contribution in [0.1, 0.15) is 16.1 Å². The minimum atomic E-state index is -4.40. The van der Waals surface area contributed by atoms with Crippen LogP contribution in [0.2, 0.25) is 0 Å². The summed E-state index contributed by atoms with van der Waals surface area (Å²) in [6.07, 6.45) is -4.28. The summed E-state index contributed by atoms with van der Waals surface area (Å²) >= 11 is 2.80. The summed E-state index contributed by atoms with van der Waals surface area (Å²) in [4.78, 5) is 17.3. The molecule has 136 valence electrons. The van der Waals surface area contributed by atoms with Crippen LogP contribution in [0.15, 0.2) is 47.2 Å². The van der Waals surface area contributed by atoms with Crippen LogP contribution in [0.25, 0.3) is 0 Å². The Morgan fingerprint density at radius 2 is 2.00 bits per heavy atom. The summed E-state index contributed by atoms with van der Waals surface area (Å²) in [7, 11) is 0. The highest BCUT2D eigenvalue weighted by Gasteiger charge is 2.30. The minimum absolute atomic E-state index is 0.117. The number of anilines is 2. The quantitative estimate of drug-likeness (QED) is 0.627. The zero-order valence-corrected chi connectivity index (χ0v) is 15.0. The molecule has 3 aromatic rings. The fourth-order valence-electron chi connectivity index (χ4n) is 2.17. The summed E-state index contributed by atoms with van der Waals surface area (Å²) in [6.45, 7) is 0.468. The number of hydrogen-bond acceptors (Lipinski definition) is 5. The fourth-order valence-corrected chi connectivity index (χ4v) is 3.54. The van der Waals surface area contributed by atoms with E-state index in [4.69, 9.17) is 0 Å². The SMILES string of the molecule is O=C(Cc1csc(Nc2cccc(C(F)(F)F)c2)n1)NCc1cccs1. The number of thiazole rings is 1. The number of thiophene rings is 1. The van der Waals surface area contributed by atoms with Crippen molar-refractivity contribution in [3.8, 4) is 0 Å². The number of amides is 1. The third-order valence-corrected chi connectivity index (χ3v) is 5.06. The van der Waals surface area contributed by atoms with Crippen LogP contribution in [-0.2, 0) is 23.9 Å². The van der Waals surface area contributed by atoms with E-state index in [0.29, 0.717) is 23.1 Å². The number of nitrogens with zero attached hydrogens (tertiary/aromatic N) is 1. The fraction of sp³-hybridized carbons (Fsp3) is 0.176. The average molecular weight is 397 g/mol. The number of carbonyl (C=O) groups is 1. The molecule has 1 aromatic carbocycles. The van der Waals surface area contributed by atoms with E-state index in [2.05, 4.69) is 15.6 Å². The van der Waals surface area contributed by atoms with Gasteiger partial charge in [-0.3, -0.25) is 4.79 Å². The molecule has 9 heteroatoms.